The summed E-state index contributed by atoms with van der Waals surface area (Å²) in [5, 5.41) is 0. The number of aromatic nitrogens is 1. The van der Waals surface area contributed by atoms with E-state index in [-0.39, 0.29) is 5.41 Å². The summed E-state index contributed by atoms with van der Waals surface area (Å²) >= 11 is 0. The molecule has 0 bridgehead atoms. The molecule has 0 amide bonds. The van der Waals surface area contributed by atoms with Gasteiger partial charge in [0.05, 0.1) is 0 Å². The zero-order valence-electron chi connectivity index (χ0n) is 8.07. The highest BCUT2D eigenvalue weighted by molar-refractivity contribution is 5.46. The zero-order chi connectivity index (χ0) is 9.31. The van der Waals surface area contributed by atoms with Gasteiger partial charge < -0.3 is 0 Å². The molecule has 0 saturated carbocycles. The third-order valence-electron chi connectivity index (χ3n) is 2.27. The van der Waals surface area contributed by atoms with Gasteiger partial charge in [-0.2, -0.15) is 4.57 Å². The number of allylic oxidation sites excluding steroid dienone is 2. The molecule has 0 fully saturated rings. The SMILES string of the molecule is CC1(C)C=Cc2cccc[n+]2C=C1. The molecule has 1 aromatic heterocycles. The van der Waals surface area contributed by atoms with Crippen molar-refractivity contribution in [2.24, 2.45) is 5.41 Å². The fourth-order valence-corrected chi connectivity index (χ4v) is 1.37. The van der Waals surface area contributed by atoms with E-state index in [9.17, 15) is 0 Å². The first kappa shape index (κ1) is 8.24. The van der Waals surface area contributed by atoms with Crippen molar-refractivity contribution in [3.05, 3.63) is 42.2 Å². The largest absolute Gasteiger partial charge is 0.210 e. The third-order valence-corrected chi connectivity index (χ3v) is 2.27. The van der Waals surface area contributed by atoms with Gasteiger partial charge in [0, 0.05) is 23.6 Å². The maximum absolute atomic E-state index is 2.22. The molecule has 0 aromatic carbocycles. The lowest BCUT2D eigenvalue weighted by Gasteiger charge is -2.09. The molecule has 0 saturated heterocycles. The van der Waals surface area contributed by atoms with Crippen molar-refractivity contribution in [1.29, 1.82) is 0 Å². The summed E-state index contributed by atoms with van der Waals surface area (Å²) in [6.45, 7) is 4.40. The van der Waals surface area contributed by atoms with Crippen LogP contribution in [0.2, 0.25) is 0 Å². The summed E-state index contributed by atoms with van der Waals surface area (Å²) < 4.78 is 2.13. The molecule has 0 spiro atoms. The highest BCUT2D eigenvalue weighted by Crippen LogP contribution is 2.21. The molecule has 0 N–H and O–H groups in total. The Bertz CT molecular complexity index is 337. The number of rotatable bonds is 0. The topological polar surface area (TPSA) is 3.88 Å². The Kier molecular flexibility index (Phi) is 1.80. The second-order valence-electron chi connectivity index (χ2n) is 4.00. The molecule has 0 radical (unpaired) electrons. The minimum Gasteiger partial charge on any atom is -0.168 e. The van der Waals surface area contributed by atoms with Crippen molar-refractivity contribution in [3.63, 3.8) is 0 Å². The Morgan fingerprint density at radius 2 is 2.00 bits per heavy atom. The van der Waals surface area contributed by atoms with Gasteiger partial charge >= 0.3 is 0 Å². The van der Waals surface area contributed by atoms with Gasteiger partial charge in [-0.05, 0) is 12.1 Å². The quantitative estimate of drug-likeness (QED) is 0.529. The van der Waals surface area contributed by atoms with Crippen LogP contribution in [0.15, 0.2) is 36.5 Å². The Balaban J connectivity index is 2.53. The van der Waals surface area contributed by atoms with Crippen LogP contribution in [0, 0.1) is 5.41 Å². The molecule has 1 aromatic rings. The van der Waals surface area contributed by atoms with Gasteiger partial charge in [0.2, 0.25) is 5.69 Å². The summed E-state index contributed by atoms with van der Waals surface area (Å²) in [5.41, 5.74) is 1.38. The molecule has 0 unspecified atom stereocenters. The molecule has 1 aliphatic rings. The molecule has 0 aliphatic carbocycles. The van der Waals surface area contributed by atoms with Crippen LogP contribution in [0.1, 0.15) is 19.5 Å². The van der Waals surface area contributed by atoms with Gasteiger partial charge in [-0.15, -0.1) is 0 Å². The second kappa shape index (κ2) is 2.84. The van der Waals surface area contributed by atoms with Crippen LogP contribution >= 0.6 is 0 Å². The van der Waals surface area contributed by atoms with Gasteiger partial charge in [0.15, 0.2) is 12.4 Å². The van der Waals surface area contributed by atoms with Gasteiger partial charge in [0.1, 0.15) is 0 Å². The van der Waals surface area contributed by atoms with E-state index >= 15 is 0 Å². The lowest BCUT2D eigenvalue weighted by atomic mass is 9.93. The standard InChI is InChI=1S/C12H14N/c1-12(2)7-6-11-5-3-4-9-13(11)10-8-12/h3-10H,1-2H3/q+1. The van der Waals surface area contributed by atoms with E-state index in [0.717, 1.165) is 0 Å². The Morgan fingerprint density at radius 3 is 2.85 bits per heavy atom. The van der Waals surface area contributed by atoms with E-state index in [2.05, 4.69) is 61.2 Å². The zero-order valence-corrected chi connectivity index (χ0v) is 8.07. The number of hydrogen-bond donors (Lipinski definition) is 0. The van der Waals surface area contributed by atoms with Crippen molar-refractivity contribution in [2.75, 3.05) is 0 Å². The maximum Gasteiger partial charge on any atom is 0.210 e. The number of fused-ring (bicyclic) bond motifs is 1. The molecular weight excluding hydrogens is 158 g/mol. The Labute approximate surface area is 79.0 Å². The first-order valence-corrected chi connectivity index (χ1v) is 4.56. The first-order valence-electron chi connectivity index (χ1n) is 4.56. The van der Waals surface area contributed by atoms with E-state index in [1.54, 1.807) is 0 Å². The van der Waals surface area contributed by atoms with Gasteiger partial charge in [0.25, 0.3) is 0 Å². The molecular formula is C12H14N+. The molecule has 13 heavy (non-hydrogen) atoms. The normalized spacial score (nSPS) is 18.0. The smallest absolute Gasteiger partial charge is 0.168 e. The average Bonchev–Trinajstić information content (AvgIpc) is 2.27. The summed E-state index contributed by atoms with van der Waals surface area (Å²) in [7, 11) is 0. The van der Waals surface area contributed by atoms with Gasteiger partial charge in [-0.1, -0.05) is 19.9 Å². The predicted molar refractivity (Wildman–Crippen MR) is 54.8 cm³/mol. The fraction of sp³-hybridized carbons (Fsp3) is 0.250. The van der Waals surface area contributed by atoms with Crippen LogP contribution in [0.4, 0.5) is 0 Å². The van der Waals surface area contributed by atoms with Crippen LogP contribution < -0.4 is 4.57 Å². The van der Waals surface area contributed by atoms with Crippen molar-refractivity contribution in [2.45, 2.75) is 13.8 Å². The predicted octanol–water partition coefficient (Wildman–Crippen LogP) is 2.50. The molecule has 2 rings (SSSR count). The van der Waals surface area contributed by atoms with Crippen LogP contribution in [0.5, 0.6) is 0 Å². The second-order valence-corrected chi connectivity index (χ2v) is 4.00. The molecule has 1 heteroatoms. The highest BCUT2D eigenvalue weighted by atomic mass is 14.9. The van der Waals surface area contributed by atoms with E-state index in [1.165, 1.54) is 5.69 Å². The number of hydrogen-bond acceptors (Lipinski definition) is 0. The van der Waals surface area contributed by atoms with Crippen LogP contribution in [0.3, 0.4) is 0 Å². The summed E-state index contributed by atoms with van der Waals surface area (Å²) in [6, 6.07) is 6.21. The van der Waals surface area contributed by atoms with E-state index < -0.39 is 0 Å². The van der Waals surface area contributed by atoms with Crippen LogP contribution in [0.25, 0.3) is 12.3 Å². The van der Waals surface area contributed by atoms with Crippen molar-refractivity contribution in [1.82, 2.24) is 0 Å². The Hall–Kier alpha value is -1.37. The lowest BCUT2D eigenvalue weighted by Crippen LogP contribution is -2.28. The fourth-order valence-electron chi connectivity index (χ4n) is 1.37. The highest BCUT2D eigenvalue weighted by Gasteiger charge is 2.15. The molecule has 0 atom stereocenters. The van der Waals surface area contributed by atoms with Gasteiger partial charge in [-0.3, -0.25) is 0 Å². The van der Waals surface area contributed by atoms with Crippen molar-refractivity contribution < 1.29 is 4.57 Å². The molecule has 1 aliphatic heterocycles. The average molecular weight is 172 g/mol. The van der Waals surface area contributed by atoms with Gasteiger partial charge in [-0.25, -0.2) is 0 Å². The first-order chi connectivity index (χ1) is 6.17. The maximum atomic E-state index is 2.22. The van der Waals surface area contributed by atoms with Crippen LogP contribution in [-0.4, -0.2) is 0 Å². The molecule has 2 heterocycles. The molecule has 66 valence electrons. The van der Waals surface area contributed by atoms with E-state index in [1.807, 2.05) is 6.07 Å². The van der Waals surface area contributed by atoms with E-state index in [4.69, 9.17) is 0 Å². The summed E-state index contributed by atoms with van der Waals surface area (Å²) in [6.07, 6.45) is 10.8. The minimum absolute atomic E-state index is 0.159. The summed E-state index contributed by atoms with van der Waals surface area (Å²) in [5.74, 6) is 0. The van der Waals surface area contributed by atoms with E-state index in [0.29, 0.717) is 0 Å². The van der Waals surface area contributed by atoms with Crippen molar-refractivity contribution >= 4 is 12.3 Å². The van der Waals surface area contributed by atoms with Crippen LogP contribution in [-0.2, 0) is 0 Å². The Morgan fingerprint density at radius 1 is 1.15 bits per heavy atom. The third kappa shape index (κ3) is 1.69. The number of nitrogens with zero attached hydrogens (tertiary/aromatic N) is 1. The molecule has 1 nitrogen and oxygen atoms in total. The minimum atomic E-state index is 0.159. The monoisotopic (exact) mass is 172 g/mol. The number of pyridine rings is 1. The van der Waals surface area contributed by atoms with Crippen molar-refractivity contribution in [3.8, 4) is 0 Å². The summed E-state index contributed by atoms with van der Waals surface area (Å²) in [4.78, 5) is 0. The lowest BCUT2D eigenvalue weighted by molar-refractivity contribution is -0.570.